The molecule has 0 saturated heterocycles. The Morgan fingerprint density at radius 1 is 0.885 bits per heavy atom. The summed E-state index contributed by atoms with van der Waals surface area (Å²) in [4.78, 5) is 23.8. The monoisotopic (exact) mass is 737 g/mol. The number of anilines is 1. The highest BCUT2D eigenvalue weighted by molar-refractivity contribution is 7.11. The van der Waals surface area contributed by atoms with Crippen LogP contribution >= 0.6 is 22.7 Å². The Labute approximate surface area is 306 Å². The molecule has 15 heteroatoms. The minimum absolute atomic E-state index is 0.00590. The van der Waals surface area contributed by atoms with Gasteiger partial charge in [0.15, 0.2) is 28.8 Å². The molecule has 0 spiro atoms. The van der Waals surface area contributed by atoms with Gasteiger partial charge in [0.05, 0.1) is 57.5 Å². The number of carbonyl (C=O) groups excluding carboxylic acids is 1. The van der Waals surface area contributed by atoms with E-state index in [9.17, 15) is 20.3 Å². The molecule has 0 unspecified atom stereocenters. The van der Waals surface area contributed by atoms with Crippen molar-refractivity contribution in [1.29, 1.82) is 10.7 Å². The fourth-order valence-corrected chi connectivity index (χ4v) is 7.12. The van der Waals surface area contributed by atoms with Gasteiger partial charge in [-0.25, -0.2) is 14.8 Å². The van der Waals surface area contributed by atoms with Crippen molar-refractivity contribution in [1.82, 2.24) is 9.97 Å². The van der Waals surface area contributed by atoms with Gasteiger partial charge in [-0.3, -0.25) is 5.41 Å². The summed E-state index contributed by atoms with van der Waals surface area (Å²) in [6, 6.07) is 19.0. The fraction of sp³-hybridized carbons (Fsp3) is 0.162. The van der Waals surface area contributed by atoms with Crippen molar-refractivity contribution >= 4 is 51.3 Å². The minimum atomic E-state index is -0.765. The topological polar surface area (TPSA) is 180 Å². The molecule has 3 N–H and O–H groups in total. The number of esters is 1. The second-order valence-electron chi connectivity index (χ2n) is 11.0. The first-order valence-electron chi connectivity index (χ1n) is 15.4. The van der Waals surface area contributed by atoms with Crippen LogP contribution in [0.25, 0.3) is 33.7 Å². The highest BCUT2D eigenvalue weighted by Crippen LogP contribution is 2.38. The average Bonchev–Trinajstić information content (AvgIpc) is 3.93. The van der Waals surface area contributed by atoms with Gasteiger partial charge in [0.25, 0.3) is 0 Å². The number of carbonyl (C=O) groups is 1. The Hall–Kier alpha value is -6.37. The molecule has 1 aliphatic rings. The smallest absolute Gasteiger partial charge is 0.338 e. The summed E-state index contributed by atoms with van der Waals surface area (Å²) in [6.07, 6.45) is 0. The maximum atomic E-state index is 13.1. The van der Waals surface area contributed by atoms with Gasteiger partial charge >= 0.3 is 5.97 Å². The number of rotatable bonds is 12. The molecule has 0 bridgehead atoms. The lowest BCUT2D eigenvalue weighted by Crippen LogP contribution is -2.26. The van der Waals surface area contributed by atoms with Crippen LogP contribution in [0.1, 0.15) is 20.4 Å². The summed E-state index contributed by atoms with van der Waals surface area (Å²) in [5.74, 6) is 0.939. The number of amidine groups is 1. The Morgan fingerprint density at radius 3 is 2.12 bits per heavy atom. The lowest BCUT2D eigenvalue weighted by atomic mass is 10.1. The van der Waals surface area contributed by atoms with Gasteiger partial charge in [-0.05, 0) is 54.6 Å². The van der Waals surface area contributed by atoms with Crippen molar-refractivity contribution in [3.05, 3.63) is 98.5 Å². The number of hydrogen-bond donors (Lipinski definition) is 3. The van der Waals surface area contributed by atoms with Crippen LogP contribution in [-0.4, -0.2) is 73.6 Å². The number of aromatic nitrogens is 2. The highest BCUT2D eigenvalue weighted by atomic mass is 32.1. The van der Waals surface area contributed by atoms with Crippen LogP contribution in [0.3, 0.4) is 0 Å². The summed E-state index contributed by atoms with van der Waals surface area (Å²) in [5, 5.41) is 44.7. The number of methoxy groups -OCH3 is 4. The quantitative estimate of drug-likeness (QED) is 0.0658. The third kappa shape index (κ3) is 6.97. The maximum absolute atomic E-state index is 13.1. The first kappa shape index (κ1) is 35.5. The molecule has 0 atom stereocenters. The summed E-state index contributed by atoms with van der Waals surface area (Å²) in [6.45, 7) is -0.582. The van der Waals surface area contributed by atoms with Crippen molar-refractivity contribution in [3.63, 3.8) is 0 Å². The first-order valence-corrected chi connectivity index (χ1v) is 17.2. The number of allylic oxidation sites excluding steroid dienone is 1. The van der Waals surface area contributed by atoms with Crippen LogP contribution in [-0.2, 0) is 4.74 Å². The van der Waals surface area contributed by atoms with Gasteiger partial charge in [0.1, 0.15) is 39.9 Å². The molecular weight excluding hydrogens is 707 g/mol. The molecule has 1 aliphatic heterocycles. The van der Waals surface area contributed by atoms with E-state index in [0.29, 0.717) is 45.1 Å². The normalized spacial score (nSPS) is 13.1. The number of nitrogens with zero attached hydrogens (tertiary/aromatic N) is 4. The Morgan fingerprint density at radius 2 is 1.50 bits per heavy atom. The van der Waals surface area contributed by atoms with Gasteiger partial charge in [0, 0.05) is 27.6 Å². The molecule has 3 heterocycles. The van der Waals surface area contributed by atoms with E-state index in [1.807, 2.05) is 17.5 Å². The Bertz CT molecular complexity index is 2290. The lowest BCUT2D eigenvalue weighted by Gasteiger charge is -2.19. The van der Waals surface area contributed by atoms with Crippen LogP contribution in [0, 0.1) is 16.7 Å². The zero-order chi connectivity index (χ0) is 36.9. The number of aliphatic hydroxyl groups excluding tert-OH is 2. The van der Waals surface area contributed by atoms with Gasteiger partial charge in [0.2, 0.25) is 0 Å². The zero-order valence-electron chi connectivity index (χ0n) is 28.3. The number of thiazole rings is 2. The summed E-state index contributed by atoms with van der Waals surface area (Å²) >= 11 is 2.44. The van der Waals surface area contributed by atoms with Crippen molar-refractivity contribution in [2.75, 3.05) is 46.5 Å². The number of nitrogens with one attached hydrogen (secondary N) is 1. The van der Waals surface area contributed by atoms with E-state index in [1.54, 1.807) is 67.0 Å². The van der Waals surface area contributed by atoms with E-state index in [1.165, 1.54) is 37.7 Å². The molecule has 2 aromatic heterocycles. The summed E-state index contributed by atoms with van der Waals surface area (Å²) in [5.41, 5.74) is 3.44. The number of benzene rings is 3. The summed E-state index contributed by atoms with van der Waals surface area (Å²) in [7, 11) is 6.17. The van der Waals surface area contributed by atoms with Crippen LogP contribution < -0.4 is 23.8 Å². The van der Waals surface area contributed by atoms with E-state index in [2.05, 4.69) is 9.97 Å². The minimum Gasteiger partial charge on any atom is -0.510 e. The molecule has 13 nitrogen and oxygen atoms in total. The molecule has 52 heavy (non-hydrogen) atoms. The molecule has 6 rings (SSSR count). The van der Waals surface area contributed by atoms with Crippen molar-refractivity contribution in [3.8, 4) is 51.6 Å². The van der Waals surface area contributed by atoms with Gasteiger partial charge in [-0.2, -0.15) is 5.26 Å². The Balaban J connectivity index is 1.14. The van der Waals surface area contributed by atoms with E-state index in [-0.39, 0.29) is 39.9 Å². The van der Waals surface area contributed by atoms with Crippen LogP contribution in [0.15, 0.2) is 82.9 Å². The number of nitriles is 1. The molecule has 3 aromatic carbocycles. The van der Waals surface area contributed by atoms with E-state index in [0.717, 1.165) is 22.5 Å². The SMILES string of the molecule is COc1ccc(-c2csc(C3=C(O)CN(c4cccc(C(=O)OC/C(O)=C(/C#N)c5nc(-c6ccc(OC)c(OC)c6)cs5)c4)C3=N)n2)cc1OC. The number of hydrogen-bond acceptors (Lipinski definition) is 14. The summed E-state index contributed by atoms with van der Waals surface area (Å²) < 4.78 is 26.7. The molecule has 0 saturated carbocycles. The van der Waals surface area contributed by atoms with Gasteiger partial charge < -0.3 is 38.8 Å². The highest BCUT2D eigenvalue weighted by Gasteiger charge is 2.32. The largest absolute Gasteiger partial charge is 0.510 e. The van der Waals surface area contributed by atoms with Crippen LogP contribution in [0.2, 0.25) is 0 Å². The van der Waals surface area contributed by atoms with Gasteiger partial charge in [-0.15, -0.1) is 22.7 Å². The number of ether oxygens (including phenoxy) is 5. The van der Waals surface area contributed by atoms with E-state index >= 15 is 0 Å². The predicted octanol–water partition coefficient (Wildman–Crippen LogP) is 7.38. The standard InChI is InChI=1S/C37H31N5O8S2/c1-46-29-10-8-20(13-31(29)48-3)25-18-51-35(40-25)24(15-38)28(44)17-50-37(45)22-6-5-7-23(12-22)42-16-27(43)33(34(42)39)36-41-26(19-52-36)21-9-11-30(47-2)32(14-21)49-4/h5-14,18-19,39,43-44H,16-17H2,1-4H3/b28-24+,39-34?. The van der Waals surface area contributed by atoms with E-state index < -0.39 is 18.3 Å². The van der Waals surface area contributed by atoms with Crippen LogP contribution in [0.4, 0.5) is 5.69 Å². The average molecular weight is 738 g/mol. The molecule has 0 amide bonds. The molecule has 264 valence electrons. The third-order valence-corrected chi connectivity index (χ3v) is 9.75. The second kappa shape index (κ2) is 15.3. The molecule has 0 aliphatic carbocycles. The zero-order valence-corrected chi connectivity index (χ0v) is 29.9. The van der Waals surface area contributed by atoms with Crippen LogP contribution in [0.5, 0.6) is 23.0 Å². The molecule has 5 aromatic rings. The maximum Gasteiger partial charge on any atom is 0.338 e. The molecule has 0 fully saturated rings. The Kier molecular flexibility index (Phi) is 10.4. The second-order valence-corrected chi connectivity index (χ2v) is 12.7. The first-order chi connectivity index (χ1) is 25.2. The van der Waals surface area contributed by atoms with E-state index in [4.69, 9.17) is 29.1 Å². The number of aliphatic hydroxyl groups is 2. The van der Waals surface area contributed by atoms with Crippen molar-refractivity contribution in [2.24, 2.45) is 0 Å². The molecule has 0 radical (unpaired) electrons. The van der Waals surface area contributed by atoms with Crippen molar-refractivity contribution in [2.45, 2.75) is 0 Å². The van der Waals surface area contributed by atoms with Gasteiger partial charge in [-0.1, -0.05) is 6.07 Å². The predicted molar refractivity (Wildman–Crippen MR) is 198 cm³/mol. The van der Waals surface area contributed by atoms with Crippen molar-refractivity contribution < 1.29 is 38.7 Å². The molecular formula is C37H31N5O8S2. The lowest BCUT2D eigenvalue weighted by molar-refractivity contribution is 0.0503. The third-order valence-electron chi connectivity index (χ3n) is 8.03. The fourth-order valence-electron chi connectivity index (χ4n) is 5.38.